The second-order valence-corrected chi connectivity index (χ2v) is 7.62. The summed E-state index contributed by atoms with van der Waals surface area (Å²) < 4.78 is 28.6. The van der Waals surface area contributed by atoms with Crippen molar-refractivity contribution in [2.45, 2.75) is 4.21 Å². The molecule has 2 aromatic heterocycles. The molecule has 0 saturated heterocycles. The lowest BCUT2D eigenvalue weighted by Crippen LogP contribution is -2.18. The first-order chi connectivity index (χ1) is 8.81. The zero-order valence-corrected chi connectivity index (χ0v) is 12.8. The van der Waals surface area contributed by atoms with Gasteiger partial charge in [-0.05, 0) is 12.1 Å². The van der Waals surface area contributed by atoms with Crippen LogP contribution in [-0.2, 0) is 17.1 Å². The molecular weight excluding hydrogens is 328 g/mol. The number of thiocarbonyl (C=S) groups is 1. The smallest absolute Gasteiger partial charge is 0.272 e. The second-order valence-electron chi connectivity index (χ2n) is 3.56. The molecule has 0 amide bonds. The minimum Gasteiger partial charge on any atom is -0.389 e. The molecule has 2 rings (SSSR count). The van der Waals surface area contributed by atoms with Gasteiger partial charge in [-0.25, -0.2) is 8.42 Å². The maximum absolute atomic E-state index is 12.2. The second kappa shape index (κ2) is 5.08. The number of anilines is 1. The highest BCUT2D eigenvalue weighted by atomic mass is 35.5. The van der Waals surface area contributed by atoms with Crippen molar-refractivity contribution < 1.29 is 8.42 Å². The zero-order chi connectivity index (χ0) is 14.2. The summed E-state index contributed by atoms with van der Waals surface area (Å²) in [6, 6.07) is 2.94. The van der Waals surface area contributed by atoms with Crippen LogP contribution in [0.25, 0.3) is 0 Å². The number of halogens is 1. The van der Waals surface area contributed by atoms with Crippen molar-refractivity contribution in [1.82, 2.24) is 9.78 Å². The van der Waals surface area contributed by atoms with E-state index in [1.54, 1.807) is 7.05 Å². The lowest BCUT2D eigenvalue weighted by Gasteiger charge is -2.08. The Bertz CT molecular complexity index is 734. The molecule has 2 aromatic rings. The Morgan fingerprint density at radius 3 is 2.79 bits per heavy atom. The van der Waals surface area contributed by atoms with Crippen LogP contribution < -0.4 is 10.5 Å². The van der Waals surface area contributed by atoms with Crippen molar-refractivity contribution in [2.75, 3.05) is 4.72 Å². The first-order valence-corrected chi connectivity index (χ1v) is 8.00. The number of aromatic nitrogens is 2. The van der Waals surface area contributed by atoms with Gasteiger partial charge in [0.2, 0.25) is 0 Å². The molecule has 6 nitrogen and oxygen atoms in total. The predicted octanol–water partition coefficient (Wildman–Crippen LogP) is 1.57. The molecule has 0 unspecified atom stereocenters. The van der Waals surface area contributed by atoms with E-state index in [1.165, 1.54) is 23.0 Å². The lowest BCUT2D eigenvalue weighted by atomic mass is 10.3. The first kappa shape index (κ1) is 14.3. The van der Waals surface area contributed by atoms with E-state index in [2.05, 4.69) is 9.82 Å². The van der Waals surface area contributed by atoms with Gasteiger partial charge in [0, 0.05) is 7.05 Å². The molecule has 10 heteroatoms. The number of hydrogen-bond donors (Lipinski definition) is 2. The van der Waals surface area contributed by atoms with E-state index >= 15 is 0 Å². The number of thiophene rings is 1. The fourth-order valence-electron chi connectivity index (χ4n) is 1.36. The Morgan fingerprint density at radius 1 is 1.58 bits per heavy atom. The van der Waals surface area contributed by atoms with Gasteiger partial charge >= 0.3 is 0 Å². The lowest BCUT2D eigenvalue weighted by molar-refractivity contribution is 0.602. The maximum Gasteiger partial charge on any atom is 0.272 e. The van der Waals surface area contributed by atoms with Crippen LogP contribution in [0.1, 0.15) is 5.56 Å². The van der Waals surface area contributed by atoms with Crippen LogP contribution in [0.15, 0.2) is 22.5 Å². The number of sulfonamides is 1. The average Bonchev–Trinajstić information content (AvgIpc) is 2.87. The number of nitrogens with zero attached hydrogens (tertiary/aromatic N) is 2. The van der Waals surface area contributed by atoms with Gasteiger partial charge in [0.05, 0.1) is 16.1 Å². The third-order valence-corrected chi connectivity index (χ3v) is 5.53. The average molecular weight is 337 g/mol. The Morgan fingerprint density at radius 2 is 2.26 bits per heavy atom. The van der Waals surface area contributed by atoms with E-state index in [1.807, 2.05) is 0 Å². The highest BCUT2D eigenvalue weighted by Gasteiger charge is 2.21. The van der Waals surface area contributed by atoms with Gasteiger partial charge in [0.1, 0.15) is 15.0 Å². The SMILES string of the molecule is Cn1ncc(C(N)=S)c1NS(=O)(=O)c1ccc(Cl)s1. The Balaban J connectivity index is 2.41. The minimum absolute atomic E-state index is 0.0648. The van der Waals surface area contributed by atoms with Crippen molar-refractivity contribution in [3.05, 3.63) is 28.2 Å². The summed E-state index contributed by atoms with van der Waals surface area (Å²) in [5.41, 5.74) is 5.88. The van der Waals surface area contributed by atoms with E-state index in [0.29, 0.717) is 9.90 Å². The van der Waals surface area contributed by atoms with Gasteiger partial charge in [0.25, 0.3) is 10.0 Å². The molecular formula is C9H9ClN4O2S3. The standard InChI is InChI=1S/C9H9ClN4O2S3/c1-14-9(5(4-12-14)8(11)17)13-19(15,16)7-3-2-6(10)18-7/h2-4,13H,1H3,(H2,11,17). The molecule has 0 aliphatic heterocycles. The molecule has 0 atom stereocenters. The summed E-state index contributed by atoms with van der Waals surface area (Å²) in [7, 11) is -2.15. The predicted molar refractivity (Wildman–Crippen MR) is 79.2 cm³/mol. The highest BCUT2D eigenvalue weighted by molar-refractivity contribution is 7.94. The molecule has 3 N–H and O–H groups in total. The quantitative estimate of drug-likeness (QED) is 0.827. The van der Waals surface area contributed by atoms with E-state index in [0.717, 1.165) is 11.3 Å². The minimum atomic E-state index is -3.73. The van der Waals surface area contributed by atoms with Crippen LogP contribution in [0.4, 0.5) is 5.82 Å². The van der Waals surface area contributed by atoms with Gasteiger partial charge in [-0.3, -0.25) is 9.40 Å². The van der Waals surface area contributed by atoms with Gasteiger partial charge in [-0.15, -0.1) is 11.3 Å². The molecule has 19 heavy (non-hydrogen) atoms. The molecule has 2 heterocycles. The number of aryl methyl sites for hydroxylation is 1. The summed E-state index contributed by atoms with van der Waals surface area (Å²) in [5, 5.41) is 3.92. The van der Waals surface area contributed by atoms with Crippen molar-refractivity contribution in [3.8, 4) is 0 Å². The summed E-state index contributed by atoms with van der Waals surface area (Å²) in [4.78, 5) is 0.0648. The number of rotatable bonds is 4. The van der Waals surface area contributed by atoms with Crippen molar-refractivity contribution >= 4 is 56.0 Å². The Hall–Kier alpha value is -1.16. The van der Waals surface area contributed by atoms with Crippen molar-refractivity contribution in [1.29, 1.82) is 0 Å². The van der Waals surface area contributed by atoms with Crippen LogP contribution in [-0.4, -0.2) is 23.2 Å². The topological polar surface area (TPSA) is 90.0 Å². The van der Waals surface area contributed by atoms with Crippen molar-refractivity contribution in [3.63, 3.8) is 0 Å². The normalized spacial score (nSPS) is 11.5. The van der Waals surface area contributed by atoms with Gasteiger partial charge in [0.15, 0.2) is 0 Å². The Labute approximate surface area is 124 Å². The van der Waals surface area contributed by atoms with Crippen LogP contribution in [0, 0.1) is 0 Å². The summed E-state index contributed by atoms with van der Waals surface area (Å²) in [6.45, 7) is 0. The Kier molecular flexibility index (Phi) is 3.81. The summed E-state index contributed by atoms with van der Waals surface area (Å²) in [6.07, 6.45) is 1.40. The summed E-state index contributed by atoms with van der Waals surface area (Å²) >= 11 is 11.5. The molecule has 0 aliphatic rings. The third kappa shape index (κ3) is 2.89. The molecule has 0 radical (unpaired) electrons. The van der Waals surface area contributed by atoms with Crippen LogP contribution >= 0.6 is 35.2 Å². The van der Waals surface area contributed by atoms with Crippen LogP contribution in [0.5, 0.6) is 0 Å². The number of nitrogens with one attached hydrogen (secondary N) is 1. The first-order valence-electron chi connectivity index (χ1n) is 4.91. The fourth-order valence-corrected chi connectivity index (χ4v) is 4.10. The van der Waals surface area contributed by atoms with Crippen molar-refractivity contribution in [2.24, 2.45) is 12.8 Å². The van der Waals surface area contributed by atoms with Gasteiger partial charge in [-0.2, -0.15) is 5.10 Å². The molecule has 0 aromatic carbocycles. The molecule has 0 aliphatic carbocycles. The highest BCUT2D eigenvalue weighted by Crippen LogP contribution is 2.27. The number of nitrogens with two attached hydrogens (primary N) is 1. The van der Waals surface area contributed by atoms with Crippen LogP contribution in [0.2, 0.25) is 4.34 Å². The fraction of sp³-hybridized carbons (Fsp3) is 0.111. The van der Waals surface area contributed by atoms with Crippen LogP contribution in [0.3, 0.4) is 0 Å². The maximum atomic E-state index is 12.2. The third-order valence-electron chi connectivity index (χ3n) is 2.25. The molecule has 102 valence electrons. The van der Waals surface area contributed by atoms with E-state index in [9.17, 15) is 8.42 Å². The largest absolute Gasteiger partial charge is 0.389 e. The van der Waals surface area contributed by atoms with E-state index in [-0.39, 0.29) is 15.0 Å². The monoisotopic (exact) mass is 336 g/mol. The van der Waals surface area contributed by atoms with Gasteiger partial charge < -0.3 is 5.73 Å². The molecule has 0 fully saturated rings. The molecule has 0 bridgehead atoms. The number of hydrogen-bond acceptors (Lipinski definition) is 5. The van der Waals surface area contributed by atoms with Gasteiger partial charge in [-0.1, -0.05) is 23.8 Å². The zero-order valence-electron chi connectivity index (χ0n) is 9.62. The molecule has 0 saturated carbocycles. The molecule has 0 spiro atoms. The van der Waals surface area contributed by atoms with E-state index < -0.39 is 10.0 Å². The van der Waals surface area contributed by atoms with E-state index in [4.69, 9.17) is 29.6 Å². The summed E-state index contributed by atoms with van der Waals surface area (Å²) in [5.74, 6) is 0.219.